The zero-order valence-corrected chi connectivity index (χ0v) is 11.2. The number of rotatable bonds is 4. The van der Waals surface area contributed by atoms with Crippen LogP contribution < -0.4 is 10.6 Å². The van der Waals surface area contributed by atoms with E-state index < -0.39 is 10.0 Å². The van der Waals surface area contributed by atoms with Crippen molar-refractivity contribution < 1.29 is 13.2 Å². The molecule has 1 heterocycles. The van der Waals surface area contributed by atoms with Crippen molar-refractivity contribution in [3.8, 4) is 0 Å². The first-order valence-electron chi connectivity index (χ1n) is 5.95. The minimum Gasteiger partial charge on any atom is -0.341 e. The second-order valence-electron chi connectivity index (χ2n) is 4.21. The van der Waals surface area contributed by atoms with Gasteiger partial charge >= 0.3 is 6.03 Å². The van der Waals surface area contributed by atoms with Gasteiger partial charge in [0.1, 0.15) is 0 Å². The third kappa shape index (κ3) is 4.16. The van der Waals surface area contributed by atoms with Gasteiger partial charge in [-0.1, -0.05) is 6.92 Å². The van der Waals surface area contributed by atoms with E-state index in [1.165, 1.54) is 4.31 Å². The molecular weight excluding hydrogens is 242 g/mol. The fourth-order valence-electron chi connectivity index (χ4n) is 1.92. The van der Waals surface area contributed by atoms with Gasteiger partial charge < -0.3 is 10.6 Å². The largest absolute Gasteiger partial charge is 0.341 e. The summed E-state index contributed by atoms with van der Waals surface area (Å²) in [5, 5.41) is 5.29. The number of carbonyl (C=O) groups is 1. The summed E-state index contributed by atoms with van der Waals surface area (Å²) in [7, 11) is -1.52. The number of nitrogens with one attached hydrogen (secondary N) is 2. The van der Waals surface area contributed by atoms with Crippen LogP contribution in [-0.2, 0) is 10.0 Å². The van der Waals surface area contributed by atoms with Crippen LogP contribution in [0.25, 0.3) is 0 Å². The van der Waals surface area contributed by atoms with Crippen molar-refractivity contribution in [2.45, 2.75) is 32.2 Å². The van der Waals surface area contributed by atoms with Gasteiger partial charge in [-0.05, 0) is 19.3 Å². The smallest absolute Gasteiger partial charge is 0.314 e. The maximum Gasteiger partial charge on any atom is 0.314 e. The first kappa shape index (κ1) is 14.2. The average molecular weight is 263 g/mol. The maximum absolute atomic E-state index is 11.8. The molecule has 1 saturated heterocycles. The van der Waals surface area contributed by atoms with Crippen molar-refractivity contribution in [2.24, 2.45) is 0 Å². The SMILES string of the molecule is CCCS(=O)(=O)N1CCC(NC(=O)NC)CC1. The van der Waals surface area contributed by atoms with E-state index >= 15 is 0 Å². The van der Waals surface area contributed by atoms with E-state index in [1.807, 2.05) is 6.92 Å². The lowest BCUT2D eigenvalue weighted by Gasteiger charge is -2.31. The van der Waals surface area contributed by atoms with Crippen molar-refractivity contribution in [3.63, 3.8) is 0 Å². The van der Waals surface area contributed by atoms with Crippen molar-refractivity contribution in [2.75, 3.05) is 25.9 Å². The molecule has 0 atom stereocenters. The van der Waals surface area contributed by atoms with Crippen LogP contribution in [0.4, 0.5) is 4.79 Å². The molecule has 100 valence electrons. The highest BCUT2D eigenvalue weighted by molar-refractivity contribution is 7.89. The Balaban J connectivity index is 2.43. The Hall–Kier alpha value is -0.820. The highest BCUT2D eigenvalue weighted by atomic mass is 32.2. The minimum atomic E-state index is -3.09. The topological polar surface area (TPSA) is 78.5 Å². The number of urea groups is 1. The fourth-order valence-corrected chi connectivity index (χ4v) is 3.46. The van der Waals surface area contributed by atoms with Crippen molar-refractivity contribution in [3.05, 3.63) is 0 Å². The minimum absolute atomic E-state index is 0.0722. The number of nitrogens with zero attached hydrogens (tertiary/aromatic N) is 1. The van der Waals surface area contributed by atoms with Crippen molar-refractivity contribution >= 4 is 16.1 Å². The number of hydrogen-bond donors (Lipinski definition) is 2. The molecule has 0 aliphatic carbocycles. The fraction of sp³-hybridized carbons (Fsp3) is 0.900. The van der Waals surface area contributed by atoms with Gasteiger partial charge in [-0.25, -0.2) is 17.5 Å². The molecule has 0 aromatic carbocycles. The average Bonchev–Trinajstić information content (AvgIpc) is 2.29. The molecule has 0 radical (unpaired) electrons. The van der Waals surface area contributed by atoms with Crippen LogP contribution in [0.3, 0.4) is 0 Å². The maximum atomic E-state index is 11.8. The molecule has 1 rings (SSSR count). The molecule has 7 heteroatoms. The quantitative estimate of drug-likeness (QED) is 0.756. The molecule has 2 amide bonds. The molecule has 1 fully saturated rings. The van der Waals surface area contributed by atoms with Gasteiger partial charge in [0.2, 0.25) is 10.0 Å². The number of sulfonamides is 1. The lowest BCUT2D eigenvalue weighted by Crippen LogP contribution is -2.48. The van der Waals surface area contributed by atoms with Crippen LogP contribution in [-0.4, -0.2) is 50.7 Å². The molecule has 17 heavy (non-hydrogen) atoms. The zero-order valence-electron chi connectivity index (χ0n) is 10.4. The Kier molecular flexibility index (Phi) is 5.20. The molecule has 0 aromatic rings. The van der Waals surface area contributed by atoms with Gasteiger partial charge in [0.25, 0.3) is 0 Å². The molecule has 0 unspecified atom stereocenters. The van der Waals surface area contributed by atoms with E-state index in [9.17, 15) is 13.2 Å². The molecule has 6 nitrogen and oxygen atoms in total. The molecule has 1 aliphatic rings. The number of amides is 2. The summed E-state index contributed by atoms with van der Waals surface area (Å²) in [6.45, 7) is 2.85. The number of hydrogen-bond acceptors (Lipinski definition) is 3. The van der Waals surface area contributed by atoms with Gasteiger partial charge in [-0.15, -0.1) is 0 Å². The number of carbonyl (C=O) groups excluding carboxylic acids is 1. The van der Waals surface area contributed by atoms with Crippen molar-refractivity contribution in [1.82, 2.24) is 14.9 Å². The normalized spacial score (nSPS) is 18.9. The van der Waals surface area contributed by atoms with Crippen molar-refractivity contribution in [1.29, 1.82) is 0 Å². The van der Waals surface area contributed by atoms with Gasteiger partial charge in [-0.2, -0.15) is 0 Å². The van der Waals surface area contributed by atoms with Crippen LogP contribution in [0.15, 0.2) is 0 Å². The Morgan fingerprint density at radius 1 is 1.35 bits per heavy atom. The Morgan fingerprint density at radius 2 is 1.94 bits per heavy atom. The Bertz CT molecular complexity index is 348. The molecule has 0 saturated carbocycles. The molecule has 1 aliphatic heterocycles. The predicted molar refractivity (Wildman–Crippen MR) is 66.3 cm³/mol. The van der Waals surface area contributed by atoms with Gasteiger partial charge in [0.05, 0.1) is 5.75 Å². The summed E-state index contributed by atoms with van der Waals surface area (Å²) >= 11 is 0. The van der Waals surface area contributed by atoms with E-state index in [0.29, 0.717) is 32.4 Å². The van der Waals surface area contributed by atoms with Crippen LogP contribution >= 0.6 is 0 Å². The van der Waals surface area contributed by atoms with E-state index in [1.54, 1.807) is 7.05 Å². The standard InChI is InChI=1S/C10H21N3O3S/c1-3-8-17(15,16)13-6-4-9(5-7-13)12-10(14)11-2/h9H,3-8H2,1-2H3,(H2,11,12,14). The molecule has 0 aromatic heterocycles. The van der Waals surface area contributed by atoms with Gasteiger partial charge in [0, 0.05) is 26.2 Å². The summed E-state index contributed by atoms with van der Waals surface area (Å²) in [5.41, 5.74) is 0. The third-order valence-corrected chi connectivity index (χ3v) is 4.95. The second-order valence-corrected chi connectivity index (χ2v) is 6.30. The number of piperidine rings is 1. The molecular formula is C10H21N3O3S. The highest BCUT2D eigenvalue weighted by Gasteiger charge is 2.27. The molecule has 0 spiro atoms. The van der Waals surface area contributed by atoms with Crippen LogP contribution in [0.5, 0.6) is 0 Å². The summed E-state index contributed by atoms with van der Waals surface area (Å²) in [6.07, 6.45) is 1.99. The van der Waals surface area contributed by atoms with Gasteiger partial charge in [0.15, 0.2) is 0 Å². The lowest BCUT2D eigenvalue weighted by molar-refractivity contribution is 0.229. The Morgan fingerprint density at radius 3 is 2.41 bits per heavy atom. The lowest BCUT2D eigenvalue weighted by atomic mass is 10.1. The highest BCUT2D eigenvalue weighted by Crippen LogP contribution is 2.14. The second kappa shape index (κ2) is 6.20. The van der Waals surface area contributed by atoms with Crippen LogP contribution in [0, 0.1) is 0 Å². The third-order valence-electron chi connectivity index (χ3n) is 2.87. The summed E-state index contributed by atoms with van der Waals surface area (Å²) in [4.78, 5) is 11.1. The van der Waals surface area contributed by atoms with Crippen LogP contribution in [0.1, 0.15) is 26.2 Å². The first-order valence-corrected chi connectivity index (χ1v) is 7.56. The van der Waals surface area contributed by atoms with E-state index in [-0.39, 0.29) is 17.8 Å². The molecule has 0 bridgehead atoms. The first-order chi connectivity index (χ1) is 7.99. The monoisotopic (exact) mass is 263 g/mol. The van der Waals surface area contributed by atoms with E-state index in [4.69, 9.17) is 0 Å². The summed E-state index contributed by atoms with van der Waals surface area (Å²) in [5.74, 6) is 0.209. The summed E-state index contributed by atoms with van der Waals surface area (Å²) < 4.78 is 25.1. The predicted octanol–water partition coefficient (Wildman–Crippen LogP) is 0.120. The van der Waals surface area contributed by atoms with Gasteiger partial charge in [-0.3, -0.25) is 0 Å². The Labute approximate surface area is 103 Å². The summed E-state index contributed by atoms with van der Waals surface area (Å²) in [6, 6.07) is -0.136. The van der Waals surface area contributed by atoms with E-state index in [2.05, 4.69) is 10.6 Å². The molecule has 2 N–H and O–H groups in total. The zero-order chi connectivity index (χ0) is 12.9. The van der Waals surface area contributed by atoms with E-state index in [0.717, 1.165) is 0 Å². The van der Waals surface area contributed by atoms with Crippen LogP contribution in [0.2, 0.25) is 0 Å².